The van der Waals surface area contributed by atoms with E-state index in [0.29, 0.717) is 23.8 Å². The first-order chi connectivity index (χ1) is 16.8. The summed E-state index contributed by atoms with van der Waals surface area (Å²) < 4.78 is 5.50. The smallest absolute Gasteiger partial charge is 0.321 e. The molecule has 9 nitrogen and oxygen atoms in total. The van der Waals surface area contributed by atoms with E-state index in [-0.39, 0.29) is 18.0 Å². The van der Waals surface area contributed by atoms with Crippen molar-refractivity contribution in [3.05, 3.63) is 47.2 Å². The molecule has 9 heteroatoms. The zero-order chi connectivity index (χ0) is 24.6. The fourth-order valence-corrected chi connectivity index (χ4v) is 5.63. The van der Waals surface area contributed by atoms with E-state index in [4.69, 9.17) is 4.74 Å². The van der Waals surface area contributed by atoms with Gasteiger partial charge in [0, 0.05) is 56.6 Å². The number of aromatic amines is 1. The first kappa shape index (κ1) is 23.8. The number of nitrogens with one attached hydrogen (secondary N) is 2. The molecule has 1 aromatic carbocycles. The van der Waals surface area contributed by atoms with Crippen LogP contribution >= 0.6 is 0 Å². The van der Waals surface area contributed by atoms with Gasteiger partial charge in [0.1, 0.15) is 0 Å². The topological polar surface area (TPSA) is 93.8 Å². The maximum Gasteiger partial charge on any atom is 0.321 e. The van der Waals surface area contributed by atoms with Gasteiger partial charge < -0.3 is 19.9 Å². The second kappa shape index (κ2) is 9.62. The molecule has 35 heavy (non-hydrogen) atoms. The minimum atomic E-state index is -0.548. The third-order valence-electron chi connectivity index (χ3n) is 7.78. The number of aromatic nitrogens is 2. The first-order valence-corrected chi connectivity index (χ1v) is 12.7. The SMILES string of the molecule is C[C@H]1CN(CC2CCOCC2)CCN1C(=O)N1Cc2c(NC(=O)c3ccccc3)n[nH]c2C1(C)C. The number of ether oxygens (including phenoxy) is 1. The zero-order valence-electron chi connectivity index (χ0n) is 20.9. The standard InChI is InChI=1S/C26H36N6O3/c1-18-15-30(16-19-9-13-35-14-10-19)11-12-31(18)25(34)32-17-21-22(26(32,2)3)28-29-23(21)27-24(33)20-7-5-4-6-8-20/h4-8,18-19H,9-17H2,1-3H3,(H2,27,28,29,33)/t18-/m0/s1. The summed E-state index contributed by atoms with van der Waals surface area (Å²) in [7, 11) is 0. The highest BCUT2D eigenvalue weighted by molar-refractivity contribution is 6.04. The number of piperazine rings is 1. The van der Waals surface area contributed by atoms with E-state index in [1.807, 2.05) is 41.8 Å². The number of fused-ring (bicyclic) bond motifs is 1. The molecule has 2 fully saturated rings. The molecule has 4 heterocycles. The monoisotopic (exact) mass is 480 g/mol. The van der Waals surface area contributed by atoms with Crippen LogP contribution in [0.3, 0.4) is 0 Å². The lowest BCUT2D eigenvalue weighted by Crippen LogP contribution is -2.59. The van der Waals surface area contributed by atoms with Crippen molar-refractivity contribution in [2.45, 2.75) is 51.7 Å². The minimum Gasteiger partial charge on any atom is -0.381 e. The highest BCUT2D eigenvalue weighted by Gasteiger charge is 2.46. The number of hydrogen-bond donors (Lipinski definition) is 2. The van der Waals surface area contributed by atoms with Crippen molar-refractivity contribution in [2.24, 2.45) is 5.92 Å². The Bertz CT molecular complexity index is 1060. The molecular weight excluding hydrogens is 444 g/mol. The van der Waals surface area contributed by atoms with Gasteiger partial charge in [-0.3, -0.25) is 14.8 Å². The Morgan fingerprint density at radius 1 is 1.17 bits per heavy atom. The van der Waals surface area contributed by atoms with Crippen molar-refractivity contribution in [3.8, 4) is 0 Å². The van der Waals surface area contributed by atoms with E-state index >= 15 is 0 Å². The Labute approximate surface area is 206 Å². The highest BCUT2D eigenvalue weighted by atomic mass is 16.5. The second-order valence-electron chi connectivity index (χ2n) is 10.5. The lowest BCUT2D eigenvalue weighted by molar-refractivity contribution is 0.0290. The molecule has 0 unspecified atom stereocenters. The van der Waals surface area contributed by atoms with Gasteiger partial charge in [-0.05, 0) is 51.7 Å². The van der Waals surface area contributed by atoms with Gasteiger partial charge in [-0.2, -0.15) is 5.10 Å². The highest BCUT2D eigenvalue weighted by Crippen LogP contribution is 2.41. The van der Waals surface area contributed by atoms with Crippen LogP contribution in [0.25, 0.3) is 0 Å². The van der Waals surface area contributed by atoms with Crippen molar-refractivity contribution in [2.75, 3.05) is 44.7 Å². The van der Waals surface area contributed by atoms with Crippen LogP contribution in [0.15, 0.2) is 30.3 Å². The largest absolute Gasteiger partial charge is 0.381 e. The van der Waals surface area contributed by atoms with E-state index in [2.05, 4.69) is 27.3 Å². The zero-order valence-corrected chi connectivity index (χ0v) is 20.9. The fraction of sp³-hybridized carbons (Fsp3) is 0.577. The summed E-state index contributed by atoms with van der Waals surface area (Å²) in [6.45, 7) is 12.0. The van der Waals surface area contributed by atoms with E-state index in [1.165, 1.54) is 0 Å². The molecule has 1 atom stereocenters. The number of carbonyl (C=O) groups is 2. The maximum absolute atomic E-state index is 13.7. The van der Waals surface area contributed by atoms with Crippen molar-refractivity contribution >= 4 is 17.8 Å². The summed E-state index contributed by atoms with van der Waals surface area (Å²) in [5.74, 6) is 0.973. The van der Waals surface area contributed by atoms with Gasteiger partial charge in [-0.25, -0.2) is 4.79 Å². The predicted octanol–water partition coefficient (Wildman–Crippen LogP) is 3.27. The molecular formula is C26H36N6O3. The van der Waals surface area contributed by atoms with Crippen molar-refractivity contribution in [1.82, 2.24) is 24.9 Å². The third-order valence-corrected chi connectivity index (χ3v) is 7.78. The third kappa shape index (κ3) is 4.67. The number of H-pyrrole nitrogens is 1. The summed E-state index contributed by atoms with van der Waals surface area (Å²) in [4.78, 5) is 32.8. The predicted molar refractivity (Wildman–Crippen MR) is 133 cm³/mol. The molecule has 188 valence electrons. The van der Waals surface area contributed by atoms with Gasteiger partial charge in [0.05, 0.1) is 17.8 Å². The average Bonchev–Trinajstić information content (AvgIpc) is 3.37. The number of amides is 3. The van der Waals surface area contributed by atoms with Crippen LogP contribution in [0.2, 0.25) is 0 Å². The Hall–Kier alpha value is -2.91. The van der Waals surface area contributed by atoms with Gasteiger partial charge >= 0.3 is 6.03 Å². The maximum atomic E-state index is 13.7. The van der Waals surface area contributed by atoms with Gasteiger partial charge in [0.15, 0.2) is 5.82 Å². The molecule has 3 amide bonds. The minimum absolute atomic E-state index is 0.0400. The van der Waals surface area contributed by atoms with Crippen LogP contribution in [0.4, 0.5) is 10.6 Å². The Morgan fingerprint density at radius 3 is 2.63 bits per heavy atom. The summed E-state index contributed by atoms with van der Waals surface area (Å²) in [6, 6.07) is 9.26. The molecule has 3 aliphatic heterocycles. The van der Waals surface area contributed by atoms with E-state index in [1.54, 1.807) is 12.1 Å². The molecule has 0 saturated carbocycles. The Kier molecular flexibility index (Phi) is 6.55. The van der Waals surface area contributed by atoms with Crippen molar-refractivity contribution < 1.29 is 14.3 Å². The van der Waals surface area contributed by atoms with Crippen LogP contribution in [-0.2, 0) is 16.8 Å². The molecule has 1 aromatic heterocycles. The number of rotatable bonds is 4. The number of carbonyl (C=O) groups excluding carboxylic acids is 2. The molecule has 0 radical (unpaired) electrons. The number of urea groups is 1. The molecule has 0 spiro atoms. The van der Waals surface area contributed by atoms with Crippen LogP contribution in [0.5, 0.6) is 0 Å². The quantitative estimate of drug-likeness (QED) is 0.701. The van der Waals surface area contributed by atoms with Gasteiger partial charge in [-0.15, -0.1) is 0 Å². The summed E-state index contributed by atoms with van der Waals surface area (Å²) in [5.41, 5.74) is 1.77. The molecule has 5 rings (SSSR count). The van der Waals surface area contributed by atoms with Crippen LogP contribution in [0, 0.1) is 5.92 Å². The Balaban J connectivity index is 1.24. The lowest BCUT2D eigenvalue weighted by atomic mass is 9.99. The van der Waals surface area contributed by atoms with Crippen LogP contribution in [-0.4, -0.2) is 82.3 Å². The molecule has 2 N–H and O–H groups in total. The average molecular weight is 481 g/mol. The number of nitrogens with zero attached hydrogens (tertiary/aromatic N) is 4. The summed E-state index contributed by atoms with van der Waals surface area (Å²) >= 11 is 0. The van der Waals surface area contributed by atoms with Gasteiger partial charge in [-0.1, -0.05) is 18.2 Å². The van der Waals surface area contributed by atoms with E-state index in [0.717, 1.165) is 63.5 Å². The van der Waals surface area contributed by atoms with Gasteiger partial charge in [0.2, 0.25) is 0 Å². The number of hydrogen-bond acceptors (Lipinski definition) is 5. The normalized spacial score (nSPS) is 22.8. The number of benzene rings is 1. The molecule has 3 aliphatic rings. The van der Waals surface area contributed by atoms with Crippen LogP contribution in [0.1, 0.15) is 55.2 Å². The molecule has 2 saturated heterocycles. The lowest BCUT2D eigenvalue weighted by Gasteiger charge is -2.44. The van der Waals surface area contributed by atoms with Crippen molar-refractivity contribution in [1.29, 1.82) is 0 Å². The van der Waals surface area contributed by atoms with E-state index in [9.17, 15) is 9.59 Å². The first-order valence-electron chi connectivity index (χ1n) is 12.7. The summed E-state index contributed by atoms with van der Waals surface area (Å²) in [5, 5.41) is 10.4. The van der Waals surface area contributed by atoms with Gasteiger partial charge in [0.25, 0.3) is 5.91 Å². The van der Waals surface area contributed by atoms with Crippen LogP contribution < -0.4 is 5.32 Å². The molecule has 2 aromatic rings. The number of anilines is 1. The Morgan fingerprint density at radius 2 is 1.91 bits per heavy atom. The summed E-state index contributed by atoms with van der Waals surface area (Å²) in [6.07, 6.45) is 2.26. The second-order valence-corrected chi connectivity index (χ2v) is 10.5. The molecule has 0 bridgehead atoms. The van der Waals surface area contributed by atoms with E-state index < -0.39 is 5.54 Å². The molecule has 0 aliphatic carbocycles. The fourth-order valence-electron chi connectivity index (χ4n) is 5.63. The van der Waals surface area contributed by atoms with Crippen molar-refractivity contribution in [3.63, 3.8) is 0 Å².